The summed E-state index contributed by atoms with van der Waals surface area (Å²) in [6, 6.07) is 0. The lowest BCUT2D eigenvalue weighted by Crippen LogP contribution is -2.47. The number of hydrogen-bond donors (Lipinski definition) is 1. The van der Waals surface area contributed by atoms with E-state index in [1.807, 2.05) is 10.9 Å². The first-order chi connectivity index (χ1) is 8.81. The summed E-state index contributed by atoms with van der Waals surface area (Å²) in [6.45, 7) is 10.6. The second-order valence-electron chi connectivity index (χ2n) is 4.86. The number of aromatic nitrogens is 3. The highest BCUT2D eigenvalue weighted by Gasteiger charge is 2.15. The first kappa shape index (κ1) is 13.5. The molecule has 0 amide bonds. The average molecular weight is 252 g/mol. The van der Waals surface area contributed by atoms with E-state index in [0.29, 0.717) is 6.54 Å². The van der Waals surface area contributed by atoms with Crippen LogP contribution < -0.4 is 5.73 Å². The summed E-state index contributed by atoms with van der Waals surface area (Å²) < 4.78 is 1.89. The van der Waals surface area contributed by atoms with Gasteiger partial charge in [0.2, 0.25) is 0 Å². The van der Waals surface area contributed by atoms with Crippen LogP contribution in [0.15, 0.2) is 6.20 Å². The van der Waals surface area contributed by atoms with Gasteiger partial charge in [-0.3, -0.25) is 9.58 Å². The zero-order valence-electron chi connectivity index (χ0n) is 11.3. The van der Waals surface area contributed by atoms with Crippen molar-refractivity contribution in [3.63, 3.8) is 0 Å². The first-order valence-corrected chi connectivity index (χ1v) is 6.85. The lowest BCUT2D eigenvalue weighted by molar-refractivity contribution is 0.128. The fourth-order valence-electron chi connectivity index (χ4n) is 2.34. The van der Waals surface area contributed by atoms with Crippen molar-refractivity contribution in [3.05, 3.63) is 11.9 Å². The highest BCUT2D eigenvalue weighted by Crippen LogP contribution is 2.02. The van der Waals surface area contributed by atoms with E-state index in [1.54, 1.807) is 0 Å². The van der Waals surface area contributed by atoms with Crippen LogP contribution in [0.25, 0.3) is 0 Å². The fourth-order valence-corrected chi connectivity index (χ4v) is 2.34. The Hall–Kier alpha value is -0.980. The van der Waals surface area contributed by atoms with E-state index in [0.717, 1.165) is 18.8 Å². The topological polar surface area (TPSA) is 63.2 Å². The maximum atomic E-state index is 5.51. The monoisotopic (exact) mass is 252 g/mol. The van der Waals surface area contributed by atoms with Gasteiger partial charge in [0.1, 0.15) is 0 Å². The van der Waals surface area contributed by atoms with Crippen molar-refractivity contribution in [2.45, 2.75) is 26.4 Å². The van der Waals surface area contributed by atoms with Crippen molar-refractivity contribution in [1.29, 1.82) is 0 Å². The Balaban J connectivity index is 1.68. The van der Waals surface area contributed by atoms with Crippen LogP contribution in [0.3, 0.4) is 0 Å². The van der Waals surface area contributed by atoms with E-state index in [9.17, 15) is 0 Å². The molecule has 0 aliphatic carbocycles. The summed E-state index contributed by atoms with van der Waals surface area (Å²) in [5.41, 5.74) is 6.38. The molecule has 0 spiro atoms. The molecule has 6 heteroatoms. The molecular weight excluding hydrogens is 228 g/mol. The molecule has 1 saturated heterocycles. The zero-order chi connectivity index (χ0) is 12.8. The predicted octanol–water partition coefficient (Wildman–Crippen LogP) is -0.236. The number of piperazine rings is 1. The lowest BCUT2D eigenvalue weighted by Gasteiger charge is -2.34. The second-order valence-corrected chi connectivity index (χ2v) is 4.86. The van der Waals surface area contributed by atoms with Crippen molar-refractivity contribution in [1.82, 2.24) is 24.8 Å². The third-order valence-electron chi connectivity index (χ3n) is 3.45. The van der Waals surface area contributed by atoms with Crippen LogP contribution in [0.4, 0.5) is 0 Å². The van der Waals surface area contributed by atoms with E-state index in [4.69, 9.17) is 5.73 Å². The van der Waals surface area contributed by atoms with E-state index < -0.39 is 0 Å². The molecule has 0 aromatic carbocycles. The van der Waals surface area contributed by atoms with Crippen LogP contribution in [0.1, 0.15) is 19.0 Å². The van der Waals surface area contributed by atoms with Crippen molar-refractivity contribution in [3.8, 4) is 0 Å². The van der Waals surface area contributed by atoms with Crippen molar-refractivity contribution >= 4 is 0 Å². The number of nitrogens with two attached hydrogens (primary N) is 1. The first-order valence-electron chi connectivity index (χ1n) is 6.85. The highest BCUT2D eigenvalue weighted by atomic mass is 15.4. The minimum atomic E-state index is 0.468. The van der Waals surface area contributed by atoms with Gasteiger partial charge in [-0.2, -0.15) is 0 Å². The molecule has 0 radical (unpaired) electrons. The van der Waals surface area contributed by atoms with Gasteiger partial charge in [-0.05, 0) is 13.0 Å². The third-order valence-corrected chi connectivity index (χ3v) is 3.45. The SMILES string of the molecule is CCCN1CCN(CCn2cc(CN)nn2)CC1. The molecule has 0 atom stereocenters. The van der Waals surface area contributed by atoms with E-state index in [1.165, 1.54) is 39.1 Å². The van der Waals surface area contributed by atoms with Gasteiger partial charge in [-0.15, -0.1) is 5.10 Å². The summed E-state index contributed by atoms with van der Waals surface area (Å²) in [5, 5.41) is 8.06. The van der Waals surface area contributed by atoms with Crippen LogP contribution in [0, 0.1) is 0 Å². The maximum Gasteiger partial charge on any atom is 0.0962 e. The van der Waals surface area contributed by atoms with Crippen molar-refractivity contribution in [2.24, 2.45) is 5.73 Å². The van der Waals surface area contributed by atoms with Gasteiger partial charge < -0.3 is 10.6 Å². The normalized spacial score (nSPS) is 18.3. The molecule has 1 aliphatic heterocycles. The maximum absolute atomic E-state index is 5.51. The fraction of sp³-hybridized carbons (Fsp3) is 0.833. The standard InChI is InChI=1S/C12H24N6/c1-2-3-16-4-6-17(7-5-16)8-9-18-11-12(10-13)14-15-18/h11H,2-10,13H2,1H3. The Morgan fingerprint density at radius 1 is 1.11 bits per heavy atom. The molecule has 1 aromatic heterocycles. The van der Waals surface area contributed by atoms with Gasteiger partial charge >= 0.3 is 0 Å². The lowest BCUT2D eigenvalue weighted by atomic mass is 10.3. The quantitative estimate of drug-likeness (QED) is 0.757. The smallest absolute Gasteiger partial charge is 0.0962 e. The molecule has 1 aromatic rings. The number of hydrogen-bond acceptors (Lipinski definition) is 5. The molecule has 0 unspecified atom stereocenters. The van der Waals surface area contributed by atoms with Crippen LogP contribution >= 0.6 is 0 Å². The van der Waals surface area contributed by atoms with Crippen LogP contribution in [-0.2, 0) is 13.1 Å². The molecule has 0 saturated carbocycles. The van der Waals surface area contributed by atoms with E-state index in [-0.39, 0.29) is 0 Å². The average Bonchev–Trinajstić information content (AvgIpc) is 2.86. The molecule has 2 heterocycles. The summed E-state index contributed by atoms with van der Waals surface area (Å²) in [7, 11) is 0. The summed E-state index contributed by atoms with van der Waals surface area (Å²) in [5.74, 6) is 0. The molecule has 2 rings (SSSR count). The Labute approximate surface area is 109 Å². The molecule has 1 fully saturated rings. The Morgan fingerprint density at radius 3 is 2.33 bits per heavy atom. The Morgan fingerprint density at radius 2 is 1.78 bits per heavy atom. The van der Waals surface area contributed by atoms with Gasteiger partial charge in [0.05, 0.1) is 12.2 Å². The van der Waals surface area contributed by atoms with Gasteiger partial charge in [-0.25, -0.2) is 0 Å². The van der Waals surface area contributed by atoms with Crippen molar-refractivity contribution < 1.29 is 0 Å². The van der Waals surface area contributed by atoms with Crippen LogP contribution in [0.2, 0.25) is 0 Å². The largest absolute Gasteiger partial charge is 0.325 e. The Bertz CT molecular complexity index is 342. The molecule has 102 valence electrons. The third kappa shape index (κ3) is 3.76. The van der Waals surface area contributed by atoms with E-state index >= 15 is 0 Å². The van der Waals surface area contributed by atoms with Gasteiger partial charge in [0.15, 0.2) is 0 Å². The summed E-state index contributed by atoms with van der Waals surface area (Å²) in [4.78, 5) is 5.04. The van der Waals surface area contributed by atoms with Crippen molar-refractivity contribution in [2.75, 3.05) is 39.3 Å². The molecule has 0 bridgehead atoms. The van der Waals surface area contributed by atoms with Gasteiger partial charge in [0.25, 0.3) is 0 Å². The van der Waals surface area contributed by atoms with Crippen LogP contribution in [-0.4, -0.2) is 64.1 Å². The minimum absolute atomic E-state index is 0.468. The predicted molar refractivity (Wildman–Crippen MR) is 71.1 cm³/mol. The zero-order valence-corrected chi connectivity index (χ0v) is 11.3. The Kier molecular flexibility index (Phi) is 5.10. The second kappa shape index (κ2) is 6.82. The molecule has 2 N–H and O–H groups in total. The molecule has 18 heavy (non-hydrogen) atoms. The molecule has 1 aliphatic rings. The molecule has 6 nitrogen and oxygen atoms in total. The van der Waals surface area contributed by atoms with E-state index in [2.05, 4.69) is 27.0 Å². The molecular formula is C12H24N6. The summed E-state index contributed by atoms with van der Waals surface area (Å²) >= 11 is 0. The van der Waals surface area contributed by atoms with Gasteiger partial charge in [-0.1, -0.05) is 12.1 Å². The van der Waals surface area contributed by atoms with Crippen LogP contribution in [0.5, 0.6) is 0 Å². The summed E-state index contributed by atoms with van der Waals surface area (Å²) in [6.07, 6.45) is 3.19. The minimum Gasteiger partial charge on any atom is -0.325 e. The number of nitrogens with zero attached hydrogens (tertiary/aromatic N) is 5. The number of rotatable bonds is 6. The van der Waals surface area contributed by atoms with Gasteiger partial charge in [0, 0.05) is 45.5 Å². The highest BCUT2D eigenvalue weighted by molar-refractivity contribution is 4.90.